The number of carbonyl (C=O) groups excluding carboxylic acids is 1. The molecule has 6 rings (SSSR count). The fourth-order valence-corrected chi connectivity index (χ4v) is 6.16. The highest BCUT2D eigenvalue weighted by Gasteiger charge is 2.35. The van der Waals surface area contributed by atoms with Crippen LogP contribution in [0.25, 0.3) is 23.1 Å². The molecule has 1 atom stereocenters. The van der Waals surface area contributed by atoms with E-state index >= 15 is 0 Å². The van der Waals surface area contributed by atoms with E-state index in [2.05, 4.69) is 0 Å². The van der Waals surface area contributed by atoms with Crippen molar-refractivity contribution in [3.8, 4) is 11.3 Å². The zero-order valence-corrected chi connectivity index (χ0v) is 24.0. The Morgan fingerprint density at radius 2 is 1.77 bits per heavy atom. The summed E-state index contributed by atoms with van der Waals surface area (Å²) in [7, 11) is 0. The van der Waals surface area contributed by atoms with E-state index in [0.29, 0.717) is 37.7 Å². The van der Waals surface area contributed by atoms with Crippen molar-refractivity contribution in [1.29, 1.82) is 0 Å². The fourth-order valence-electron chi connectivity index (χ4n) is 5.18. The summed E-state index contributed by atoms with van der Waals surface area (Å²) in [5, 5.41) is 11.4. The molecule has 0 radical (unpaired) electrons. The van der Waals surface area contributed by atoms with E-state index in [1.54, 1.807) is 44.2 Å². The van der Waals surface area contributed by atoms with Crippen LogP contribution >= 0.6 is 11.3 Å². The number of aromatic nitrogens is 1. The van der Waals surface area contributed by atoms with E-state index in [1.807, 2.05) is 60.7 Å². The van der Waals surface area contributed by atoms with Gasteiger partial charge in [0.1, 0.15) is 11.5 Å². The number of hydrogen-bond donors (Lipinski definition) is 0. The summed E-state index contributed by atoms with van der Waals surface area (Å²) in [6, 6.07) is 26.1. The molecule has 3 heterocycles. The fraction of sp³-hybridized carbons (Fsp3) is 0.121. The SMILES string of the molecule is CCOC(=O)C1=C(c2ccccc2)N=c2s/c(=C\c3ccc(-c4cccc([N+](=O)[O-])c4C)o3)c(=O)n2[C@H]1c1ccccc1. The van der Waals surface area contributed by atoms with Crippen LogP contribution in [0, 0.1) is 17.0 Å². The molecule has 0 amide bonds. The minimum absolute atomic E-state index is 0.00343. The molecule has 10 heteroatoms. The van der Waals surface area contributed by atoms with Crippen molar-refractivity contribution in [3.63, 3.8) is 0 Å². The van der Waals surface area contributed by atoms with Gasteiger partial charge in [-0.25, -0.2) is 9.79 Å². The summed E-state index contributed by atoms with van der Waals surface area (Å²) < 4.78 is 13.4. The van der Waals surface area contributed by atoms with E-state index in [-0.39, 0.29) is 23.4 Å². The Hall–Kier alpha value is -5.35. The number of nitrogens with zero attached hydrogens (tertiary/aromatic N) is 3. The van der Waals surface area contributed by atoms with Crippen molar-refractivity contribution in [3.05, 3.63) is 149 Å². The van der Waals surface area contributed by atoms with Crippen molar-refractivity contribution in [2.24, 2.45) is 4.99 Å². The zero-order chi connectivity index (χ0) is 30.1. The lowest BCUT2D eigenvalue weighted by molar-refractivity contribution is -0.385. The molecule has 5 aromatic rings. The van der Waals surface area contributed by atoms with Gasteiger partial charge < -0.3 is 9.15 Å². The molecule has 43 heavy (non-hydrogen) atoms. The molecule has 2 aromatic heterocycles. The van der Waals surface area contributed by atoms with Crippen molar-refractivity contribution in [2.75, 3.05) is 6.61 Å². The molecule has 0 unspecified atom stereocenters. The summed E-state index contributed by atoms with van der Waals surface area (Å²) in [6.45, 7) is 3.57. The van der Waals surface area contributed by atoms with E-state index in [0.717, 1.165) is 11.1 Å². The molecule has 0 spiro atoms. The van der Waals surface area contributed by atoms with Gasteiger partial charge in [0.2, 0.25) is 0 Å². The van der Waals surface area contributed by atoms with Crippen LogP contribution in [0.3, 0.4) is 0 Å². The second-order valence-corrected chi connectivity index (χ2v) is 10.8. The number of ether oxygens (including phenoxy) is 1. The van der Waals surface area contributed by atoms with E-state index in [9.17, 15) is 19.7 Å². The van der Waals surface area contributed by atoms with Crippen LogP contribution in [-0.4, -0.2) is 22.1 Å². The first-order valence-corrected chi connectivity index (χ1v) is 14.4. The molecule has 1 aliphatic heterocycles. The van der Waals surface area contributed by atoms with Crippen molar-refractivity contribution >= 4 is 34.8 Å². The lowest BCUT2D eigenvalue weighted by Gasteiger charge is -2.25. The summed E-state index contributed by atoms with van der Waals surface area (Å²) in [6.07, 6.45) is 1.62. The summed E-state index contributed by atoms with van der Waals surface area (Å²) >= 11 is 1.19. The van der Waals surface area contributed by atoms with Gasteiger partial charge in [0.25, 0.3) is 11.2 Å². The number of furan rings is 1. The Labute approximate surface area is 249 Å². The van der Waals surface area contributed by atoms with Crippen LogP contribution in [0.2, 0.25) is 0 Å². The molecule has 214 valence electrons. The number of rotatable bonds is 7. The average molecular weight is 592 g/mol. The third kappa shape index (κ3) is 5.13. The topological polar surface area (TPSA) is 117 Å². The Morgan fingerprint density at radius 3 is 2.47 bits per heavy atom. The average Bonchev–Trinajstić information content (AvgIpc) is 3.61. The van der Waals surface area contributed by atoms with Gasteiger partial charge in [0, 0.05) is 28.8 Å². The van der Waals surface area contributed by atoms with E-state index in [4.69, 9.17) is 14.1 Å². The number of thiazole rings is 1. The van der Waals surface area contributed by atoms with E-state index < -0.39 is 16.9 Å². The third-order valence-electron chi connectivity index (χ3n) is 7.16. The molecule has 0 saturated carbocycles. The number of nitro benzene ring substituents is 1. The van der Waals surface area contributed by atoms with Crippen molar-refractivity contribution in [1.82, 2.24) is 4.57 Å². The minimum atomic E-state index is -0.770. The molecule has 3 aromatic carbocycles. The largest absolute Gasteiger partial charge is 0.463 e. The lowest BCUT2D eigenvalue weighted by Crippen LogP contribution is -2.39. The predicted molar refractivity (Wildman–Crippen MR) is 163 cm³/mol. The molecule has 0 fully saturated rings. The highest BCUT2D eigenvalue weighted by atomic mass is 32.1. The number of esters is 1. The molecule has 1 aliphatic rings. The van der Waals surface area contributed by atoms with Crippen LogP contribution in [0.15, 0.2) is 111 Å². The van der Waals surface area contributed by atoms with Gasteiger partial charge in [-0.15, -0.1) is 0 Å². The quantitative estimate of drug-likeness (QED) is 0.142. The van der Waals surface area contributed by atoms with Gasteiger partial charge >= 0.3 is 5.97 Å². The Morgan fingerprint density at radius 1 is 1.05 bits per heavy atom. The monoisotopic (exact) mass is 591 g/mol. The van der Waals surface area contributed by atoms with Crippen molar-refractivity contribution < 1.29 is 18.9 Å². The standard InChI is InChI=1S/C33H25N3O6S/c1-3-41-32(38)28-29(21-11-6-4-7-12-21)34-33-35(30(28)22-13-8-5-9-14-22)31(37)27(43-33)19-23-17-18-26(42-23)24-15-10-16-25(20(24)2)36(39)40/h4-19,30H,3H2,1-2H3/b27-19-/t30-/m0/s1. The van der Waals surface area contributed by atoms with Crippen LogP contribution < -0.4 is 14.9 Å². The van der Waals surface area contributed by atoms with Gasteiger partial charge in [0.05, 0.1) is 33.4 Å². The molecule has 0 aliphatic carbocycles. The summed E-state index contributed by atoms with van der Waals surface area (Å²) in [5.41, 5.74) is 2.92. The van der Waals surface area contributed by atoms with Crippen molar-refractivity contribution in [2.45, 2.75) is 19.9 Å². The number of fused-ring (bicyclic) bond motifs is 1. The maximum absolute atomic E-state index is 14.0. The van der Waals surface area contributed by atoms with Gasteiger partial charge in [-0.2, -0.15) is 0 Å². The predicted octanol–water partition coefficient (Wildman–Crippen LogP) is 5.41. The first kappa shape index (κ1) is 27.8. The van der Waals surface area contributed by atoms with Gasteiger partial charge in [-0.1, -0.05) is 84.1 Å². The maximum Gasteiger partial charge on any atom is 0.338 e. The lowest BCUT2D eigenvalue weighted by atomic mass is 9.93. The normalized spacial score (nSPS) is 14.7. The third-order valence-corrected chi connectivity index (χ3v) is 8.14. The van der Waals surface area contributed by atoms with Crippen LogP contribution in [0.1, 0.15) is 35.4 Å². The highest BCUT2D eigenvalue weighted by Crippen LogP contribution is 2.35. The second-order valence-electron chi connectivity index (χ2n) is 9.75. The molecule has 0 N–H and O–H groups in total. The molecule has 0 saturated heterocycles. The maximum atomic E-state index is 14.0. The van der Waals surface area contributed by atoms with Gasteiger partial charge in [-0.05, 0) is 31.5 Å². The Kier molecular flexibility index (Phi) is 7.43. The van der Waals surface area contributed by atoms with Gasteiger partial charge in [-0.3, -0.25) is 19.5 Å². The number of hydrogen-bond acceptors (Lipinski definition) is 8. The molecule has 9 nitrogen and oxygen atoms in total. The summed E-state index contributed by atoms with van der Waals surface area (Å²) in [5.74, 6) is 0.296. The second kappa shape index (κ2) is 11.5. The van der Waals surface area contributed by atoms with E-state index in [1.165, 1.54) is 22.0 Å². The Balaban J connectivity index is 1.53. The number of nitro groups is 1. The van der Waals surface area contributed by atoms with Crippen LogP contribution in [-0.2, 0) is 9.53 Å². The Bertz CT molecular complexity index is 2070. The zero-order valence-electron chi connectivity index (χ0n) is 23.2. The van der Waals surface area contributed by atoms with Crippen LogP contribution in [0.5, 0.6) is 0 Å². The first-order valence-electron chi connectivity index (χ1n) is 13.5. The number of benzene rings is 3. The molecular weight excluding hydrogens is 566 g/mol. The molecular formula is C33H25N3O6S. The summed E-state index contributed by atoms with van der Waals surface area (Å²) in [4.78, 5) is 43.8. The number of carbonyl (C=O) groups is 1. The molecule has 0 bridgehead atoms. The smallest absolute Gasteiger partial charge is 0.338 e. The van der Waals surface area contributed by atoms with Gasteiger partial charge in [0.15, 0.2) is 4.80 Å². The van der Waals surface area contributed by atoms with Crippen LogP contribution in [0.4, 0.5) is 5.69 Å². The highest BCUT2D eigenvalue weighted by molar-refractivity contribution is 7.07. The first-order chi connectivity index (χ1) is 20.9. The minimum Gasteiger partial charge on any atom is -0.463 e.